The molecule has 2 aliphatic heterocycles. The van der Waals surface area contributed by atoms with E-state index in [-0.39, 0.29) is 23.8 Å². The van der Waals surface area contributed by atoms with E-state index in [2.05, 4.69) is 9.55 Å². The van der Waals surface area contributed by atoms with Crippen molar-refractivity contribution in [1.82, 2.24) is 14.5 Å². The maximum absolute atomic E-state index is 13.1. The van der Waals surface area contributed by atoms with Crippen LogP contribution in [0.2, 0.25) is 0 Å². The Kier molecular flexibility index (Phi) is 6.15. The lowest BCUT2D eigenvalue weighted by Gasteiger charge is -2.34. The van der Waals surface area contributed by atoms with Crippen LogP contribution in [0.25, 0.3) is 0 Å². The second kappa shape index (κ2) is 8.99. The molecule has 3 heterocycles. The molecule has 1 aromatic heterocycles. The van der Waals surface area contributed by atoms with Crippen molar-refractivity contribution < 1.29 is 19.0 Å². The minimum atomic E-state index is -0.177. The third-order valence-corrected chi connectivity index (χ3v) is 6.19. The summed E-state index contributed by atoms with van der Waals surface area (Å²) in [4.78, 5) is 31.3. The molecule has 2 aliphatic rings. The summed E-state index contributed by atoms with van der Waals surface area (Å²) < 4.78 is 18.4. The van der Waals surface area contributed by atoms with Crippen LogP contribution in [0.5, 0.6) is 17.2 Å². The molecule has 0 unspecified atom stereocenters. The molecule has 8 heteroatoms. The maximum atomic E-state index is 13.1. The van der Waals surface area contributed by atoms with E-state index in [1.807, 2.05) is 17.0 Å². The zero-order chi connectivity index (χ0) is 22.0. The van der Waals surface area contributed by atoms with Crippen molar-refractivity contribution in [3.63, 3.8) is 0 Å². The quantitative estimate of drug-likeness (QED) is 0.703. The normalized spacial score (nSPS) is 17.9. The van der Waals surface area contributed by atoms with E-state index in [1.165, 1.54) is 0 Å². The maximum Gasteiger partial charge on any atom is 0.273 e. The van der Waals surface area contributed by atoms with E-state index >= 15 is 0 Å². The summed E-state index contributed by atoms with van der Waals surface area (Å²) in [5.41, 5.74) is 1.66. The summed E-state index contributed by atoms with van der Waals surface area (Å²) in [5, 5.41) is 0. The van der Waals surface area contributed by atoms with Gasteiger partial charge in [0.05, 0.1) is 27.8 Å². The standard InChI is InChI=1S/C23H29N3O5/c1-29-18-10-15(11-19(30-2)23(18)31-3)12-22(28)25-8-4-6-16(14-25)17-13-21(27)24-20-7-5-9-26(17)20/h10-11,13,16H,4-9,12,14H2,1-3H3/t16-/m1/s1. The molecule has 0 radical (unpaired) electrons. The first-order valence-corrected chi connectivity index (χ1v) is 10.7. The van der Waals surface area contributed by atoms with Crippen molar-refractivity contribution in [2.75, 3.05) is 34.4 Å². The van der Waals surface area contributed by atoms with E-state index in [9.17, 15) is 9.59 Å². The highest BCUT2D eigenvalue weighted by Crippen LogP contribution is 2.38. The van der Waals surface area contributed by atoms with Crippen molar-refractivity contribution in [3.05, 3.63) is 45.6 Å². The number of carbonyl (C=O) groups excluding carboxylic acids is 1. The molecule has 1 amide bonds. The van der Waals surface area contributed by atoms with Gasteiger partial charge in [0.1, 0.15) is 5.82 Å². The van der Waals surface area contributed by atoms with Gasteiger partial charge in [0.25, 0.3) is 5.56 Å². The second-order valence-electron chi connectivity index (χ2n) is 8.08. The fourth-order valence-corrected chi connectivity index (χ4v) is 4.72. The molecule has 1 saturated heterocycles. The fraction of sp³-hybridized carbons (Fsp3) is 0.522. The number of rotatable bonds is 6. The number of ether oxygens (including phenoxy) is 3. The van der Waals surface area contributed by atoms with Gasteiger partial charge in [0.15, 0.2) is 11.5 Å². The van der Waals surface area contributed by atoms with Crippen LogP contribution < -0.4 is 19.8 Å². The van der Waals surface area contributed by atoms with Gasteiger partial charge in [-0.2, -0.15) is 4.98 Å². The lowest BCUT2D eigenvalue weighted by molar-refractivity contribution is -0.131. The number of methoxy groups -OCH3 is 3. The molecule has 0 spiro atoms. The first-order valence-electron chi connectivity index (χ1n) is 10.7. The smallest absolute Gasteiger partial charge is 0.273 e. The van der Waals surface area contributed by atoms with Crippen molar-refractivity contribution in [1.29, 1.82) is 0 Å². The number of amides is 1. The third kappa shape index (κ3) is 4.24. The Balaban J connectivity index is 1.52. The number of piperidine rings is 1. The van der Waals surface area contributed by atoms with Crippen LogP contribution in [0.4, 0.5) is 0 Å². The number of aromatic nitrogens is 2. The molecule has 1 aromatic carbocycles. The van der Waals surface area contributed by atoms with Crippen molar-refractivity contribution in [3.8, 4) is 17.2 Å². The van der Waals surface area contributed by atoms with Gasteiger partial charge in [0, 0.05) is 43.7 Å². The molecule has 2 aromatic rings. The number of aryl methyl sites for hydroxylation is 1. The summed E-state index contributed by atoms with van der Waals surface area (Å²) in [6.07, 6.45) is 3.99. The molecule has 8 nitrogen and oxygen atoms in total. The van der Waals surface area contributed by atoms with Crippen molar-refractivity contribution in [2.24, 2.45) is 0 Å². The minimum absolute atomic E-state index is 0.0528. The highest BCUT2D eigenvalue weighted by Gasteiger charge is 2.29. The lowest BCUT2D eigenvalue weighted by Crippen LogP contribution is -2.41. The summed E-state index contributed by atoms with van der Waals surface area (Å²) in [6, 6.07) is 5.29. The Labute approximate surface area is 181 Å². The van der Waals surface area contributed by atoms with E-state index < -0.39 is 0 Å². The third-order valence-electron chi connectivity index (χ3n) is 6.19. The van der Waals surface area contributed by atoms with Gasteiger partial charge in [0.2, 0.25) is 11.7 Å². The largest absolute Gasteiger partial charge is 0.493 e. The summed E-state index contributed by atoms with van der Waals surface area (Å²) in [5.74, 6) is 2.67. The van der Waals surface area contributed by atoms with Gasteiger partial charge in [-0.25, -0.2) is 0 Å². The van der Waals surface area contributed by atoms with Crippen LogP contribution in [-0.2, 0) is 24.2 Å². The predicted octanol–water partition coefficient (Wildman–Crippen LogP) is 2.16. The van der Waals surface area contributed by atoms with Crippen LogP contribution >= 0.6 is 0 Å². The average Bonchev–Trinajstić information content (AvgIpc) is 3.26. The van der Waals surface area contributed by atoms with E-state index in [0.717, 1.165) is 55.9 Å². The molecule has 0 aliphatic carbocycles. The van der Waals surface area contributed by atoms with E-state index in [1.54, 1.807) is 27.4 Å². The summed E-state index contributed by atoms with van der Waals surface area (Å²) in [7, 11) is 4.68. The molecule has 0 saturated carbocycles. The number of hydrogen-bond acceptors (Lipinski definition) is 6. The summed E-state index contributed by atoms with van der Waals surface area (Å²) >= 11 is 0. The Morgan fingerprint density at radius 3 is 2.48 bits per heavy atom. The zero-order valence-electron chi connectivity index (χ0n) is 18.3. The van der Waals surface area contributed by atoms with Crippen molar-refractivity contribution >= 4 is 5.91 Å². The van der Waals surface area contributed by atoms with Crippen LogP contribution in [0.15, 0.2) is 23.0 Å². The molecular formula is C23H29N3O5. The topological polar surface area (TPSA) is 82.9 Å². The Morgan fingerprint density at radius 2 is 1.81 bits per heavy atom. The van der Waals surface area contributed by atoms with Gasteiger partial charge in [-0.15, -0.1) is 0 Å². The number of hydrogen-bond donors (Lipinski definition) is 0. The number of nitrogens with zero attached hydrogens (tertiary/aromatic N) is 3. The molecule has 31 heavy (non-hydrogen) atoms. The van der Waals surface area contributed by atoms with Gasteiger partial charge >= 0.3 is 0 Å². The molecule has 0 bridgehead atoms. The first-order chi connectivity index (χ1) is 15.0. The SMILES string of the molecule is COc1cc(CC(=O)N2CCC[C@@H](c3cc(=O)nc4n3CCC4)C2)cc(OC)c1OC. The van der Waals surface area contributed by atoms with E-state index in [0.29, 0.717) is 23.8 Å². The fourth-order valence-electron chi connectivity index (χ4n) is 4.72. The average molecular weight is 428 g/mol. The number of likely N-dealkylation sites (tertiary alicyclic amines) is 1. The molecule has 1 atom stereocenters. The van der Waals surface area contributed by atoms with Gasteiger partial charge in [-0.3, -0.25) is 9.59 Å². The Hall–Kier alpha value is -3.03. The molecule has 0 N–H and O–H groups in total. The van der Waals surface area contributed by atoms with E-state index in [4.69, 9.17) is 14.2 Å². The highest BCUT2D eigenvalue weighted by atomic mass is 16.5. The van der Waals surface area contributed by atoms with Gasteiger partial charge in [-0.05, 0) is 37.0 Å². The van der Waals surface area contributed by atoms with Gasteiger partial charge < -0.3 is 23.7 Å². The lowest BCUT2D eigenvalue weighted by atomic mass is 9.93. The molecule has 4 rings (SSSR count). The second-order valence-corrected chi connectivity index (χ2v) is 8.08. The number of fused-ring (bicyclic) bond motifs is 1. The first kappa shape index (κ1) is 21.2. The monoisotopic (exact) mass is 427 g/mol. The Bertz CT molecular complexity index is 1010. The van der Waals surface area contributed by atoms with Gasteiger partial charge in [-0.1, -0.05) is 0 Å². The van der Waals surface area contributed by atoms with Crippen LogP contribution in [-0.4, -0.2) is 54.8 Å². The predicted molar refractivity (Wildman–Crippen MR) is 115 cm³/mol. The zero-order valence-corrected chi connectivity index (χ0v) is 18.3. The van der Waals surface area contributed by atoms with Crippen LogP contribution in [0, 0.1) is 0 Å². The molecular weight excluding hydrogens is 398 g/mol. The Morgan fingerprint density at radius 1 is 1.06 bits per heavy atom. The van der Waals surface area contributed by atoms with Crippen molar-refractivity contribution in [2.45, 2.75) is 44.6 Å². The number of carbonyl (C=O) groups is 1. The number of benzene rings is 1. The molecule has 166 valence electrons. The molecule has 1 fully saturated rings. The van der Waals surface area contributed by atoms with Crippen LogP contribution in [0.1, 0.15) is 42.3 Å². The highest BCUT2D eigenvalue weighted by molar-refractivity contribution is 5.79. The van der Waals surface area contributed by atoms with Crippen LogP contribution in [0.3, 0.4) is 0 Å². The summed E-state index contributed by atoms with van der Waals surface area (Å²) in [6.45, 7) is 2.24. The minimum Gasteiger partial charge on any atom is -0.493 e.